The predicted octanol–water partition coefficient (Wildman–Crippen LogP) is 1.19. The van der Waals surface area contributed by atoms with Gasteiger partial charge in [0.15, 0.2) is 5.75 Å². The molecule has 0 aliphatic carbocycles. The molecule has 7 heteroatoms. The van der Waals surface area contributed by atoms with Crippen molar-refractivity contribution in [2.24, 2.45) is 0 Å². The van der Waals surface area contributed by atoms with Gasteiger partial charge in [-0.2, -0.15) is 11.8 Å². The quantitative estimate of drug-likeness (QED) is 0.572. The van der Waals surface area contributed by atoms with Crippen molar-refractivity contribution < 1.29 is 19.9 Å². The van der Waals surface area contributed by atoms with Crippen LogP contribution in [0.1, 0.15) is 5.56 Å². The summed E-state index contributed by atoms with van der Waals surface area (Å²) in [5.74, 6) is 1.14. The Morgan fingerprint density at radius 3 is 2.83 bits per heavy atom. The molecular weight excluding hydrogens is 258 g/mol. The normalized spacial score (nSPS) is 12.2. The van der Waals surface area contributed by atoms with Crippen LogP contribution in [-0.4, -0.2) is 40.7 Å². The lowest BCUT2D eigenvalue weighted by Gasteiger charge is -2.07. The van der Waals surface area contributed by atoms with Crippen molar-refractivity contribution in [1.29, 1.82) is 0 Å². The average molecular weight is 273 g/mol. The van der Waals surface area contributed by atoms with E-state index in [9.17, 15) is 10.1 Å². The zero-order valence-electron chi connectivity index (χ0n) is 9.91. The van der Waals surface area contributed by atoms with Gasteiger partial charge in [-0.3, -0.25) is 10.1 Å². The SMILES string of the molecule is COc1ccc(CSCC(O)CO)cc1[N+](=O)[O-]. The van der Waals surface area contributed by atoms with Gasteiger partial charge >= 0.3 is 5.69 Å². The summed E-state index contributed by atoms with van der Waals surface area (Å²) in [6.45, 7) is -0.282. The molecule has 0 fully saturated rings. The lowest BCUT2D eigenvalue weighted by Crippen LogP contribution is -2.14. The fourth-order valence-corrected chi connectivity index (χ4v) is 2.24. The number of benzene rings is 1. The van der Waals surface area contributed by atoms with Gasteiger partial charge in [0.1, 0.15) is 0 Å². The molecule has 1 aromatic carbocycles. The first-order chi connectivity index (χ1) is 8.58. The zero-order valence-corrected chi connectivity index (χ0v) is 10.7. The highest BCUT2D eigenvalue weighted by Gasteiger charge is 2.15. The number of hydrogen-bond donors (Lipinski definition) is 2. The van der Waals surface area contributed by atoms with Crippen LogP contribution in [0.3, 0.4) is 0 Å². The number of thioether (sulfide) groups is 1. The van der Waals surface area contributed by atoms with Gasteiger partial charge in [0.05, 0.1) is 24.7 Å². The number of hydrogen-bond acceptors (Lipinski definition) is 6. The molecule has 0 amide bonds. The zero-order chi connectivity index (χ0) is 13.5. The third kappa shape index (κ3) is 4.17. The molecule has 0 heterocycles. The Morgan fingerprint density at radius 2 is 2.28 bits per heavy atom. The highest BCUT2D eigenvalue weighted by atomic mass is 32.2. The summed E-state index contributed by atoms with van der Waals surface area (Å²) in [6.07, 6.45) is -0.761. The smallest absolute Gasteiger partial charge is 0.311 e. The van der Waals surface area contributed by atoms with Gasteiger partial charge in [-0.15, -0.1) is 0 Å². The summed E-state index contributed by atoms with van der Waals surface area (Å²) in [5, 5.41) is 28.6. The van der Waals surface area contributed by atoms with E-state index in [1.165, 1.54) is 24.9 Å². The van der Waals surface area contributed by atoms with Gasteiger partial charge in [0, 0.05) is 17.6 Å². The third-order valence-corrected chi connectivity index (χ3v) is 3.39. The molecule has 6 nitrogen and oxygen atoms in total. The molecule has 0 bridgehead atoms. The largest absolute Gasteiger partial charge is 0.490 e. The number of aliphatic hydroxyl groups is 2. The van der Waals surface area contributed by atoms with E-state index in [-0.39, 0.29) is 18.0 Å². The fourth-order valence-electron chi connectivity index (χ4n) is 1.33. The Hall–Kier alpha value is -1.31. The molecule has 0 aliphatic heterocycles. The Morgan fingerprint density at radius 1 is 1.56 bits per heavy atom. The second kappa shape index (κ2) is 7.20. The van der Waals surface area contributed by atoms with E-state index in [2.05, 4.69) is 0 Å². The molecule has 0 radical (unpaired) electrons. The Balaban J connectivity index is 2.67. The van der Waals surface area contributed by atoms with Crippen molar-refractivity contribution >= 4 is 17.4 Å². The number of rotatable bonds is 7. The molecule has 0 saturated carbocycles. The molecule has 1 rings (SSSR count). The van der Waals surface area contributed by atoms with Crippen molar-refractivity contribution in [2.75, 3.05) is 19.5 Å². The van der Waals surface area contributed by atoms with Crippen LogP contribution in [0.4, 0.5) is 5.69 Å². The number of methoxy groups -OCH3 is 1. The van der Waals surface area contributed by atoms with E-state index in [1.54, 1.807) is 12.1 Å². The first-order valence-corrected chi connectivity index (χ1v) is 6.42. The topological polar surface area (TPSA) is 92.8 Å². The van der Waals surface area contributed by atoms with Crippen molar-refractivity contribution in [3.63, 3.8) is 0 Å². The Labute approximate surface area is 109 Å². The molecule has 0 aliphatic rings. The maximum absolute atomic E-state index is 10.8. The number of aliphatic hydroxyl groups excluding tert-OH is 2. The molecule has 100 valence electrons. The maximum atomic E-state index is 10.8. The van der Waals surface area contributed by atoms with E-state index >= 15 is 0 Å². The summed E-state index contributed by atoms with van der Waals surface area (Å²) in [6, 6.07) is 4.75. The molecule has 0 aromatic heterocycles. The standard InChI is InChI=1S/C11H15NO5S/c1-17-11-3-2-8(4-10(11)12(15)16)6-18-7-9(14)5-13/h2-4,9,13-14H,5-7H2,1H3. The molecule has 0 saturated heterocycles. The molecule has 1 aromatic rings. The number of nitrogens with zero attached hydrogens (tertiary/aromatic N) is 1. The van der Waals surface area contributed by atoms with Gasteiger partial charge < -0.3 is 14.9 Å². The molecule has 18 heavy (non-hydrogen) atoms. The van der Waals surface area contributed by atoms with E-state index in [0.717, 1.165) is 5.56 Å². The van der Waals surface area contributed by atoms with E-state index in [0.29, 0.717) is 11.5 Å². The van der Waals surface area contributed by atoms with Crippen LogP contribution < -0.4 is 4.74 Å². The number of nitro groups is 1. The highest BCUT2D eigenvalue weighted by Crippen LogP contribution is 2.29. The Kier molecular flexibility index (Phi) is 5.90. The summed E-state index contributed by atoms with van der Waals surface area (Å²) in [4.78, 5) is 10.3. The van der Waals surface area contributed by atoms with Crippen molar-refractivity contribution in [3.05, 3.63) is 33.9 Å². The van der Waals surface area contributed by atoms with Crippen LogP contribution >= 0.6 is 11.8 Å². The molecule has 2 N–H and O–H groups in total. The van der Waals surface area contributed by atoms with Gasteiger partial charge in [-0.25, -0.2) is 0 Å². The van der Waals surface area contributed by atoms with Crippen molar-refractivity contribution in [2.45, 2.75) is 11.9 Å². The minimum atomic E-state index is -0.761. The number of ether oxygens (including phenoxy) is 1. The van der Waals surface area contributed by atoms with Crippen molar-refractivity contribution in [1.82, 2.24) is 0 Å². The third-order valence-electron chi connectivity index (χ3n) is 2.23. The fraction of sp³-hybridized carbons (Fsp3) is 0.455. The number of nitro benzene ring substituents is 1. The second-order valence-electron chi connectivity index (χ2n) is 3.61. The summed E-state index contributed by atoms with van der Waals surface area (Å²) < 4.78 is 4.90. The van der Waals surface area contributed by atoms with Crippen LogP contribution in [-0.2, 0) is 5.75 Å². The van der Waals surface area contributed by atoms with Gasteiger partial charge in [-0.1, -0.05) is 6.07 Å². The highest BCUT2D eigenvalue weighted by molar-refractivity contribution is 7.98. The molecule has 1 unspecified atom stereocenters. The van der Waals surface area contributed by atoms with E-state index in [4.69, 9.17) is 14.9 Å². The first-order valence-electron chi connectivity index (χ1n) is 5.26. The van der Waals surface area contributed by atoms with Crippen LogP contribution in [0.15, 0.2) is 18.2 Å². The van der Waals surface area contributed by atoms with Crippen LogP contribution in [0.5, 0.6) is 5.75 Å². The van der Waals surface area contributed by atoms with Crippen LogP contribution in [0.2, 0.25) is 0 Å². The maximum Gasteiger partial charge on any atom is 0.311 e. The molecule has 1 atom stereocenters. The van der Waals surface area contributed by atoms with Crippen LogP contribution in [0, 0.1) is 10.1 Å². The predicted molar refractivity (Wildman–Crippen MR) is 68.9 cm³/mol. The lowest BCUT2D eigenvalue weighted by molar-refractivity contribution is -0.385. The Bertz CT molecular complexity index is 412. The first kappa shape index (κ1) is 14.7. The van der Waals surface area contributed by atoms with Crippen LogP contribution in [0.25, 0.3) is 0 Å². The van der Waals surface area contributed by atoms with Gasteiger partial charge in [0.2, 0.25) is 0 Å². The minimum Gasteiger partial charge on any atom is -0.490 e. The monoisotopic (exact) mass is 273 g/mol. The average Bonchev–Trinajstić information content (AvgIpc) is 2.38. The minimum absolute atomic E-state index is 0.0710. The van der Waals surface area contributed by atoms with E-state index in [1.807, 2.05) is 0 Å². The summed E-state index contributed by atoms with van der Waals surface area (Å²) in [7, 11) is 1.38. The molecule has 0 spiro atoms. The van der Waals surface area contributed by atoms with Gasteiger partial charge in [-0.05, 0) is 11.6 Å². The molecular formula is C11H15NO5S. The lowest BCUT2D eigenvalue weighted by atomic mass is 10.2. The second-order valence-corrected chi connectivity index (χ2v) is 4.65. The van der Waals surface area contributed by atoms with E-state index < -0.39 is 11.0 Å². The van der Waals surface area contributed by atoms with Gasteiger partial charge in [0.25, 0.3) is 0 Å². The summed E-state index contributed by atoms with van der Waals surface area (Å²) in [5.41, 5.74) is 0.705. The summed E-state index contributed by atoms with van der Waals surface area (Å²) >= 11 is 1.40. The van der Waals surface area contributed by atoms with Crippen molar-refractivity contribution in [3.8, 4) is 5.75 Å².